The molecule has 1 aliphatic heterocycles. The van der Waals surface area contributed by atoms with E-state index in [1.807, 2.05) is 0 Å². The van der Waals surface area contributed by atoms with Gasteiger partial charge in [-0.25, -0.2) is 0 Å². The van der Waals surface area contributed by atoms with E-state index in [0.717, 1.165) is 0 Å². The molecular weight excluding hydrogens is 146 g/mol. The molecule has 0 aromatic heterocycles. The second-order valence-electron chi connectivity index (χ2n) is 3.01. The minimum absolute atomic E-state index is 0.353. The summed E-state index contributed by atoms with van der Waals surface area (Å²) in [5.41, 5.74) is 0. The Morgan fingerprint density at radius 2 is 2.27 bits per heavy atom. The summed E-state index contributed by atoms with van der Waals surface area (Å²) in [6.45, 7) is 0.665. The molecule has 1 aliphatic rings. The highest BCUT2D eigenvalue weighted by Crippen LogP contribution is 2.15. The first-order chi connectivity index (χ1) is 5.11. The molecule has 64 valence electrons. The van der Waals surface area contributed by atoms with E-state index in [4.69, 9.17) is 10.2 Å². The topological polar surface area (TPSA) is 60.8 Å². The van der Waals surface area contributed by atoms with Crippen LogP contribution < -0.4 is 0 Å². The van der Waals surface area contributed by atoms with Crippen LogP contribution in [0.25, 0.3) is 0 Å². The van der Waals surface area contributed by atoms with Crippen molar-refractivity contribution in [3.63, 3.8) is 0 Å². The first-order valence-electron chi connectivity index (χ1n) is 3.72. The number of likely N-dealkylation sites (tertiary alicyclic amines) is 1. The van der Waals surface area contributed by atoms with Crippen LogP contribution in [0, 0.1) is 0 Å². The molecule has 0 aliphatic carbocycles. The Bertz CT molecular complexity index is 160. The number of likely N-dealkylation sites (N-methyl/N-ethyl adjacent to an activating group) is 1. The molecule has 4 heteroatoms. The molecule has 0 amide bonds. The summed E-state index contributed by atoms with van der Waals surface area (Å²) in [4.78, 5) is 12.3. The molecule has 1 rings (SSSR count). The molecule has 4 nitrogen and oxygen atoms in total. The van der Waals surface area contributed by atoms with Gasteiger partial charge in [0, 0.05) is 6.54 Å². The van der Waals surface area contributed by atoms with Gasteiger partial charge in [-0.3, -0.25) is 9.69 Å². The number of piperidine rings is 1. The zero-order valence-corrected chi connectivity index (χ0v) is 6.53. The molecule has 1 fully saturated rings. The van der Waals surface area contributed by atoms with Crippen LogP contribution >= 0.6 is 0 Å². The van der Waals surface area contributed by atoms with Gasteiger partial charge in [-0.2, -0.15) is 0 Å². The molecule has 1 saturated heterocycles. The Kier molecular flexibility index (Phi) is 2.46. The zero-order valence-electron chi connectivity index (χ0n) is 6.53. The second-order valence-corrected chi connectivity index (χ2v) is 3.01. The Balaban J connectivity index is 2.54. The van der Waals surface area contributed by atoms with Crippen molar-refractivity contribution in [1.82, 2.24) is 4.90 Å². The van der Waals surface area contributed by atoms with Gasteiger partial charge in [-0.05, 0) is 19.9 Å². The fraction of sp³-hybridized carbons (Fsp3) is 0.857. The quantitative estimate of drug-likeness (QED) is 0.543. The van der Waals surface area contributed by atoms with Gasteiger partial charge < -0.3 is 10.2 Å². The van der Waals surface area contributed by atoms with Gasteiger partial charge >= 0.3 is 5.97 Å². The van der Waals surface area contributed by atoms with Crippen molar-refractivity contribution >= 4 is 5.97 Å². The molecule has 0 unspecified atom stereocenters. The van der Waals surface area contributed by atoms with E-state index in [-0.39, 0.29) is 0 Å². The fourth-order valence-corrected chi connectivity index (χ4v) is 1.35. The van der Waals surface area contributed by atoms with Crippen LogP contribution in [0.4, 0.5) is 0 Å². The van der Waals surface area contributed by atoms with Gasteiger partial charge in [0.25, 0.3) is 0 Å². The molecule has 0 aromatic rings. The molecule has 0 aromatic carbocycles. The minimum atomic E-state index is -0.841. The van der Waals surface area contributed by atoms with Crippen molar-refractivity contribution in [2.24, 2.45) is 0 Å². The van der Waals surface area contributed by atoms with E-state index in [2.05, 4.69) is 0 Å². The van der Waals surface area contributed by atoms with Crippen LogP contribution in [0.15, 0.2) is 0 Å². The number of rotatable bonds is 1. The highest BCUT2D eigenvalue weighted by Gasteiger charge is 2.29. The first kappa shape index (κ1) is 8.49. The van der Waals surface area contributed by atoms with Gasteiger partial charge in [0.1, 0.15) is 6.04 Å². The number of aliphatic hydroxyl groups is 1. The normalized spacial score (nSPS) is 33.6. The molecule has 0 bridgehead atoms. The van der Waals surface area contributed by atoms with Crippen molar-refractivity contribution in [1.29, 1.82) is 0 Å². The molecule has 1 heterocycles. The maximum Gasteiger partial charge on any atom is 0.321 e. The van der Waals surface area contributed by atoms with Crippen LogP contribution in [0.2, 0.25) is 0 Å². The number of hydrogen-bond donors (Lipinski definition) is 2. The summed E-state index contributed by atoms with van der Waals surface area (Å²) in [6.07, 6.45) is 0.596. The lowest BCUT2D eigenvalue weighted by atomic mass is 10.0. The molecule has 11 heavy (non-hydrogen) atoms. The van der Waals surface area contributed by atoms with Crippen LogP contribution in [0.5, 0.6) is 0 Å². The van der Waals surface area contributed by atoms with Crippen LogP contribution in [0.1, 0.15) is 12.8 Å². The third-order valence-corrected chi connectivity index (χ3v) is 2.13. The van der Waals surface area contributed by atoms with E-state index >= 15 is 0 Å². The summed E-state index contributed by atoms with van der Waals surface area (Å²) in [5.74, 6) is -0.841. The molecule has 2 atom stereocenters. The van der Waals surface area contributed by atoms with Gasteiger partial charge in [-0.1, -0.05) is 0 Å². The Hall–Kier alpha value is -0.610. The Morgan fingerprint density at radius 1 is 1.64 bits per heavy atom. The van der Waals surface area contributed by atoms with Crippen LogP contribution in [0.3, 0.4) is 0 Å². The Morgan fingerprint density at radius 3 is 2.73 bits per heavy atom. The summed E-state index contributed by atoms with van der Waals surface area (Å²) >= 11 is 0. The summed E-state index contributed by atoms with van der Waals surface area (Å²) < 4.78 is 0. The lowest BCUT2D eigenvalue weighted by Gasteiger charge is -2.31. The Labute approximate surface area is 65.4 Å². The third-order valence-electron chi connectivity index (χ3n) is 2.13. The zero-order chi connectivity index (χ0) is 8.43. The number of carboxylic acid groups (broad SMARTS) is 1. The number of aliphatic hydroxyl groups excluding tert-OH is 1. The highest BCUT2D eigenvalue weighted by molar-refractivity contribution is 5.73. The average molecular weight is 159 g/mol. The molecule has 2 N–H and O–H groups in total. The number of aliphatic carboxylic acids is 1. The third kappa shape index (κ3) is 1.91. The van der Waals surface area contributed by atoms with Gasteiger partial charge in [0.15, 0.2) is 0 Å². The van der Waals surface area contributed by atoms with Crippen molar-refractivity contribution in [2.75, 3.05) is 13.6 Å². The lowest BCUT2D eigenvalue weighted by Crippen LogP contribution is -2.46. The second kappa shape index (κ2) is 3.19. The largest absolute Gasteiger partial charge is 0.480 e. The maximum absolute atomic E-state index is 10.6. The minimum Gasteiger partial charge on any atom is -0.480 e. The van der Waals surface area contributed by atoms with E-state index in [0.29, 0.717) is 19.4 Å². The smallest absolute Gasteiger partial charge is 0.321 e. The number of nitrogens with zero attached hydrogens (tertiary/aromatic N) is 1. The SMILES string of the molecule is CN1CC[C@@H](O)C[C@H]1C(=O)O. The summed E-state index contributed by atoms with van der Waals surface area (Å²) in [7, 11) is 1.77. The van der Waals surface area contributed by atoms with Crippen LogP contribution in [-0.4, -0.2) is 46.8 Å². The van der Waals surface area contributed by atoms with Crippen molar-refractivity contribution < 1.29 is 15.0 Å². The summed E-state index contributed by atoms with van der Waals surface area (Å²) in [6, 6.07) is -0.501. The average Bonchev–Trinajstić information content (AvgIpc) is 1.94. The highest BCUT2D eigenvalue weighted by atomic mass is 16.4. The molecule has 0 saturated carbocycles. The van der Waals surface area contributed by atoms with E-state index < -0.39 is 18.1 Å². The van der Waals surface area contributed by atoms with Crippen LogP contribution in [-0.2, 0) is 4.79 Å². The van der Waals surface area contributed by atoms with Gasteiger partial charge in [0.2, 0.25) is 0 Å². The maximum atomic E-state index is 10.6. The number of carboxylic acids is 1. The van der Waals surface area contributed by atoms with E-state index in [9.17, 15) is 4.79 Å². The van der Waals surface area contributed by atoms with Gasteiger partial charge in [0.05, 0.1) is 6.10 Å². The summed E-state index contributed by atoms with van der Waals surface area (Å²) in [5, 5.41) is 17.8. The van der Waals surface area contributed by atoms with E-state index in [1.54, 1.807) is 11.9 Å². The standard InChI is InChI=1S/C7H13NO3/c1-8-3-2-5(9)4-6(8)7(10)11/h5-6,9H,2-4H2,1H3,(H,10,11)/t5-,6+/m1/s1. The predicted octanol–water partition coefficient (Wildman–Crippen LogP) is -0.474. The number of carbonyl (C=O) groups is 1. The van der Waals surface area contributed by atoms with Crippen molar-refractivity contribution in [2.45, 2.75) is 25.0 Å². The van der Waals surface area contributed by atoms with Gasteiger partial charge in [-0.15, -0.1) is 0 Å². The first-order valence-corrected chi connectivity index (χ1v) is 3.72. The lowest BCUT2D eigenvalue weighted by molar-refractivity contribution is -0.145. The van der Waals surface area contributed by atoms with E-state index in [1.165, 1.54) is 0 Å². The molecule has 0 spiro atoms. The molecule has 0 radical (unpaired) electrons. The van der Waals surface area contributed by atoms with Crippen molar-refractivity contribution in [3.8, 4) is 0 Å². The predicted molar refractivity (Wildman–Crippen MR) is 39.3 cm³/mol. The number of hydrogen-bond acceptors (Lipinski definition) is 3. The molecular formula is C7H13NO3. The monoisotopic (exact) mass is 159 g/mol. The fourth-order valence-electron chi connectivity index (χ4n) is 1.35. The van der Waals surface area contributed by atoms with Crippen molar-refractivity contribution in [3.05, 3.63) is 0 Å².